The molecule has 230 valence electrons. The molecule has 1 saturated heterocycles. The van der Waals surface area contributed by atoms with Crippen LogP contribution < -0.4 is 21.1 Å². The van der Waals surface area contributed by atoms with Crippen LogP contribution >= 0.6 is 0 Å². The number of ether oxygens (including phenoxy) is 1. The van der Waals surface area contributed by atoms with Crippen molar-refractivity contribution < 1.29 is 55.7 Å². The number of carbonyl (C=O) groups is 3. The highest BCUT2D eigenvalue weighted by Crippen LogP contribution is 2.17. The lowest BCUT2D eigenvalue weighted by Crippen LogP contribution is -2.28. The molecule has 1 aliphatic heterocycles. The standard InChI is InChI=1S/C22H26N4O2.2C2HF3O2/c23-21(24)19-2-1-3-20(15-19)28-13-12-26-22(27)18-6-4-16(5-7-18)14-17-8-10-25-11-9-17;2*3-2(4,5)1(6)7/h1-7,14-15,25H,8-13H2,(H3,23,24)(H,26,27);2*(H,6,7). The SMILES string of the molecule is N=C(N)c1cccc(OCCNC(=O)c2ccc(C=C3CCNCC3)cc2)c1.O=C(O)C(F)(F)F.O=C(O)C(F)(F)F. The van der Waals surface area contributed by atoms with Gasteiger partial charge in [0.1, 0.15) is 18.2 Å². The number of alkyl halides is 6. The Kier molecular flexibility index (Phi) is 14.0. The number of nitrogens with two attached hydrogens (primary N) is 1. The molecule has 2 aromatic carbocycles. The zero-order chi connectivity index (χ0) is 31.9. The Bertz CT molecular complexity index is 1220. The molecule has 1 heterocycles. The summed E-state index contributed by atoms with van der Waals surface area (Å²) in [5.41, 5.74) is 9.28. The molecular formula is C26H28F6N4O6. The molecular weight excluding hydrogens is 578 g/mol. The molecule has 0 radical (unpaired) electrons. The largest absolute Gasteiger partial charge is 0.492 e. The van der Waals surface area contributed by atoms with Gasteiger partial charge in [0.15, 0.2) is 0 Å². The lowest BCUT2D eigenvalue weighted by molar-refractivity contribution is -0.193. The molecule has 0 spiro atoms. The lowest BCUT2D eigenvalue weighted by Gasteiger charge is -2.15. The average molecular weight is 607 g/mol. The third kappa shape index (κ3) is 14.2. The average Bonchev–Trinajstić information content (AvgIpc) is 2.92. The summed E-state index contributed by atoms with van der Waals surface area (Å²) >= 11 is 0. The van der Waals surface area contributed by atoms with Gasteiger partial charge >= 0.3 is 24.3 Å². The summed E-state index contributed by atoms with van der Waals surface area (Å²) in [5.74, 6) is -5.02. The quantitative estimate of drug-likeness (QED) is 0.119. The summed E-state index contributed by atoms with van der Waals surface area (Å²) in [7, 11) is 0. The van der Waals surface area contributed by atoms with E-state index in [1.807, 2.05) is 24.3 Å². The Morgan fingerprint density at radius 2 is 1.45 bits per heavy atom. The third-order valence-electron chi connectivity index (χ3n) is 5.08. The minimum Gasteiger partial charge on any atom is -0.492 e. The van der Waals surface area contributed by atoms with Crippen LogP contribution in [0.2, 0.25) is 0 Å². The van der Waals surface area contributed by atoms with Gasteiger partial charge in [0, 0.05) is 11.1 Å². The van der Waals surface area contributed by atoms with Crippen molar-refractivity contribution in [2.24, 2.45) is 5.73 Å². The maximum absolute atomic E-state index is 12.3. The van der Waals surface area contributed by atoms with Gasteiger partial charge in [-0.25, -0.2) is 9.59 Å². The fourth-order valence-corrected chi connectivity index (χ4v) is 3.05. The van der Waals surface area contributed by atoms with Crippen molar-refractivity contribution >= 4 is 29.8 Å². The predicted octanol–water partition coefficient (Wildman–Crippen LogP) is 3.81. The Morgan fingerprint density at radius 1 is 0.929 bits per heavy atom. The minimum absolute atomic E-state index is 0.00185. The van der Waals surface area contributed by atoms with Crippen molar-refractivity contribution in [1.29, 1.82) is 5.41 Å². The summed E-state index contributed by atoms with van der Waals surface area (Å²) in [6.45, 7) is 2.80. The van der Waals surface area contributed by atoms with Gasteiger partial charge in [-0.05, 0) is 55.8 Å². The Morgan fingerprint density at radius 3 is 1.93 bits per heavy atom. The van der Waals surface area contributed by atoms with Crippen molar-refractivity contribution in [3.05, 3.63) is 70.8 Å². The highest BCUT2D eigenvalue weighted by Gasteiger charge is 2.38. The summed E-state index contributed by atoms with van der Waals surface area (Å²) in [4.78, 5) is 30.1. The van der Waals surface area contributed by atoms with E-state index in [4.69, 9.17) is 35.7 Å². The van der Waals surface area contributed by atoms with Crippen LogP contribution in [0.3, 0.4) is 0 Å². The molecule has 0 aliphatic carbocycles. The Labute approximate surface area is 235 Å². The summed E-state index contributed by atoms with van der Waals surface area (Å²) in [6.07, 6.45) is -5.79. The number of carboxylic acid groups (broad SMARTS) is 2. The number of amides is 1. The van der Waals surface area contributed by atoms with Crippen LogP contribution in [0.4, 0.5) is 26.3 Å². The van der Waals surface area contributed by atoms with Crippen LogP contribution in [0, 0.1) is 5.41 Å². The van der Waals surface area contributed by atoms with E-state index in [1.165, 1.54) is 5.57 Å². The molecule has 0 atom stereocenters. The molecule has 42 heavy (non-hydrogen) atoms. The van der Waals surface area contributed by atoms with Crippen molar-refractivity contribution in [2.75, 3.05) is 26.2 Å². The molecule has 2 aromatic rings. The molecule has 1 fully saturated rings. The highest BCUT2D eigenvalue weighted by atomic mass is 19.4. The Balaban J connectivity index is 0.000000522. The first-order chi connectivity index (χ1) is 19.5. The van der Waals surface area contributed by atoms with Crippen LogP contribution in [-0.2, 0) is 9.59 Å². The van der Waals surface area contributed by atoms with Gasteiger partial charge in [-0.2, -0.15) is 26.3 Å². The van der Waals surface area contributed by atoms with Gasteiger partial charge in [-0.1, -0.05) is 35.9 Å². The highest BCUT2D eigenvalue weighted by molar-refractivity contribution is 5.95. The molecule has 16 heteroatoms. The van der Waals surface area contributed by atoms with Gasteiger partial charge in [0.05, 0.1) is 6.54 Å². The van der Waals surface area contributed by atoms with Crippen LogP contribution in [0.1, 0.15) is 34.3 Å². The molecule has 1 aliphatic rings. The molecule has 10 nitrogen and oxygen atoms in total. The van der Waals surface area contributed by atoms with E-state index in [1.54, 1.807) is 24.3 Å². The van der Waals surface area contributed by atoms with Crippen LogP contribution in [0.5, 0.6) is 5.75 Å². The first-order valence-corrected chi connectivity index (χ1v) is 12.0. The van der Waals surface area contributed by atoms with Gasteiger partial charge in [-0.15, -0.1) is 0 Å². The molecule has 1 amide bonds. The summed E-state index contributed by atoms with van der Waals surface area (Å²) in [5, 5.41) is 27.9. The molecule has 0 saturated carbocycles. The van der Waals surface area contributed by atoms with Crippen molar-refractivity contribution in [1.82, 2.24) is 10.6 Å². The maximum atomic E-state index is 12.3. The van der Waals surface area contributed by atoms with E-state index >= 15 is 0 Å². The van der Waals surface area contributed by atoms with E-state index in [-0.39, 0.29) is 11.7 Å². The van der Waals surface area contributed by atoms with Crippen molar-refractivity contribution in [2.45, 2.75) is 25.2 Å². The topological polar surface area (TPSA) is 175 Å². The van der Waals surface area contributed by atoms with Gasteiger partial charge in [0.2, 0.25) is 0 Å². The third-order valence-corrected chi connectivity index (χ3v) is 5.08. The number of hydrogen-bond acceptors (Lipinski definition) is 6. The zero-order valence-corrected chi connectivity index (χ0v) is 21.8. The number of aliphatic carboxylic acids is 2. The van der Waals surface area contributed by atoms with Gasteiger partial charge in [-0.3, -0.25) is 10.2 Å². The smallest absolute Gasteiger partial charge is 0.490 e. The number of benzene rings is 2. The second-order valence-electron chi connectivity index (χ2n) is 8.33. The number of rotatable bonds is 7. The molecule has 0 aromatic heterocycles. The Hall–Kier alpha value is -4.60. The van der Waals surface area contributed by atoms with Crippen LogP contribution in [0.25, 0.3) is 6.08 Å². The number of hydrogen-bond donors (Lipinski definition) is 6. The number of nitrogens with one attached hydrogen (secondary N) is 3. The first-order valence-electron chi connectivity index (χ1n) is 12.0. The van der Waals surface area contributed by atoms with Gasteiger partial charge < -0.3 is 31.3 Å². The first kappa shape index (κ1) is 35.4. The predicted molar refractivity (Wildman–Crippen MR) is 139 cm³/mol. The van der Waals surface area contributed by atoms with Crippen LogP contribution in [0.15, 0.2) is 54.1 Å². The normalized spacial score (nSPS) is 12.9. The molecule has 3 rings (SSSR count). The number of piperidine rings is 1. The second-order valence-corrected chi connectivity index (χ2v) is 8.33. The number of carbonyl (C=O) groups excluding carboxylic acids is 1. The minimum atomic E-state index is -5.08. The fourth-order valence-electron chi connectivity index (χ4n) is 3.05. The van der Waals surface area contributed by atoms with Crippen molar-refractivity contribution in [3.63, 3.8) is 0 Å². The number of amidine groups is 1. The summed E-state index contributed by atoms with van der Waals surface area (Å²) in [6, 6.07) is 14.7. The van der Waals surface area contributed by atoms with E-state index in [2.05, 4.69) is 16.7 Å². The second kappa shape index (κ2) is 16.6. The summed E-state index contributed by atoms with van der Waals surface area (Å²) < 4.78 is 69.1. The number of halogens is 6. The molecule has 0 unspecified atom stereocenters. The number of carboxylic acids is 2. The lowest BCUT2D eigenvalue weighted by atomic mass is 10.0. The van der Waals surface area contributed by atoms with Gasteiger partial charge in [0.25, 0.3) is 5.91 Å². The maximum Gasteiger partial charge on any atom is 0.490 e. The van der Waals surface area contributed by atoms with Crippen molar-refractivity contribution in [3.8, 4) is 5.75 Å². The van der Waals surface area contributed by atoms with Crippen LogP contribution in [-0.4, -0.2) is 72.5 Å². The van der Waals surface area contributed by atoms with E-state index in [0.717, 1.165) is 31.5 Å². The van der Waals surface area contributed by atoms with E-state index in [9.17, 15) is 31.1 Å². The van der Waals surface area contributed by atoms with E-state index in [0.29, 0.717) is 30.0 Å². The monoisotopic (exact) mass is 606 g/mol. The molecule has 7 N–H and O–H groups in total. The van der Waals surface area contributed by atoms with E-state index < -0.39 is 24.3 Å². The molecule has 0 bridgehead atoms. The zero-order valence-electron chi connectivity index (χ0n) is 21.8. The fraction of sp³-hybridized carbons (Fsp3) is 0.308. The number of nitrogen functional groups attached to an aromatic ring is 1.